The van der Waals surface area contributed by atoms with Gasteiger partial charge in [-0.2, -0.15) is 5.10 Å². The van der Waals surface area contributed by atoms with Gasteiger partial charge in [-0.3, -0.25) is 9.69 Å². The van der Waals surface area contributed by atoms with Crippen LogP contribution in [0, 0.1) is 6.92 Å². The van der Waals surface area contributed by atoms with Crippen molar-refractivity contribution in [2.75, 3.05) is 23.4 Å². The fourth-order valence-electron chi connectivity index (χ4n) is 4.22. The van der Waals surface area contributed by atoms with Gasteiger partial charge in [0.2, 0.25) is 5.91 Å². The molecule has 0 bridgehead atoms. The van der Waals surface area contributed by atoms with Crippen LogP contribution in [-0.2, 0) is 21.2 Å². The van der Waals surface area contributed by atoms with Crippen LogP contribution in [0.15, 0.2) is 30.3 Å². The number of hydrogen-bond donors (Lipinski definition) is 1. The molecule has 1 aromatic carbocycles. The van der Waals surface area contributed by atoms with Crippen molar-refractivity contribution in [3.63, 3.8) is 0 Å². The van der Waals surface area contributed by atoms with Crippen LogP contribution < -0.4 is 5.32 Å². The van der Waals surface area contributed by atoms with E-state index in [1.165, 1.54) is 11.1 Å². The van der Waals surface area contributed by atoms with Crippen molar-refractivity contribution in [1.29, 1.82) is 0 Å². The van der Waals surface area contributed by atoms with Gasteiger partial charge in [0.25, 0.3) is 0 Å². The highest BCUT2D eigenvalue weighted by atomic mass is 32.2. The Morgan fingerprint density at radius 1 is 1.23 bits per heavy atom. The number of rotatable bonds is 8. The van der Waals surface area contributed by atoms with Gasteiger partial charge in [-0.25, -0.2) is 13.1 Å². The minimum absolute atomic E-state index is 0.0809. The lowest BCUT2D eigenvalue weighted by Gasteiger charge is -2.22. The highest BCUT2D eigenvalue weighted by molar-refractivity contribution is 7.91. The fraction of sp³-hybridized carbons (Fsp3) is 0.565. The van der Waals surface area contributed by atoms with Gasteiger partial charge in [0.15, 0.2) is 9.84 Å². The van der Waals surface area contributed by atoms with E-state index < -0.39 is 9.84 Å². The third-order valence-corrected chi connectivity index (χ3v) is 7.87. The second-order valence-corrected chi connectivity index (χ2v) is 11.5. The maximum Gasteiger partial charge on any atom is 0.239 e. The first-order valence-electron chi connectivity index (χ1n) is 11.1. The summed E-state index contributed by atoms with van der Waals surface area (Å²) in [5.41, 5.74) is 3.29. The van der Waals surface area contributed by atoms with E-state index in [1.807, 2.05) is 13.0 Å². The Morgan fingerprint density at radius 3 is 2.52 bits per heavy atom. The first-order chi connectivity index (χ1) is 14.7. The Hall–Kier alpha value is -2.19. The van der Waals surface area contributed by atoms with E-state index in [0.29, 0.717) is 30.7 Å². The lowest BCUT2D eigenvalue weighted by Crippen LogP contribution is -2.35. The third-order valence-electron chi connectivity index (χ3n) is 6.12. The SMILES string of the molecule is Cc1cc(NC(=O)CN(Cc2ccc(C(C)C)cc2)C2CC2)n(C2CCS(=O)(=O)C2)n1. The summed E-state index contributed by atoms with van der Waals surface area (Å²) in [5.74, 6) is 1.25. The van der Waals surface area contributed by atoms with Gasteiger partial charge in [-0.05, 0) is 43.2 Å². The molecule has 8 heteroatoms. The molecule has 2 aliphatic rings. The summed E-state index contributed by atoms with van der Waals surface area (Å²) < 4.78 is 25.4. The van der Waals surface area contributed by atoms with Crippen LogP contribution in [0.3, 0.4) is 0 Å². The molecular weight excluding hydrogens is 412 g/mol. The van der Waals surface area contributed by atoms with Crippen molar-refractivity contribution in [2.45, 2.75) is 64.6 Å². The number of hydrogen-bond acceptors (Lipinski definition) is 5. The molecule has 1 unspecified atom stereocenters. The zero-order valence-corrected chi connectivity index (χ0v) is 19.4. The molecule has 1 N–H and O–H groups in total. The van der Waals surface area contributed by atoms with Gasteiger partial charge >= 0.3 is 0 Å². The molecule has 2 fully saturated rings. The van der Waals surface area contributed by atoms with E-state index in [9.17, 15) is 13.2 Å². The average molecular weight is 445 g/mol. The second kappa shape index (κ2) is 8.74. The van der Waals surface area contributed by atoms with Crippen LogP contribution in [0.5, 0.6) is 0 Å². The molecule has 1 aliphatic heterocycles. The minimum Gasteiger partial charge on any atom is -0.310 e. The first-order valence-corrected chi connectivity index (χ1v) is 12.9. The first kappa shape index (κ1) is 22.0. The molecule has 2 aromatic rings. The molecule has 7 nitrogen and oxygen atoms in total. The molecule has 31 heavy (non-hydrogen) atoms. The molecule has 1 saturated heterocycles. The minimum atomic E-state index is -3.03. The van der Waals surface area contributed by atoms with E-state index in [2.05, 4.69) is 53.4 Å². The second-order valence-electron chi connectivity index (χ2n) is 9.25. The fourth-order valence-corrected chi connectivity index (χ4v) is 5.91. The zero-order chi connectivity index (χ0) is 22.2. The Morgan fingerprint density at radius 2 is 1.94 bits per heavy atom. The Kier molecular flexibility index (Phi) is 6.21. The van der Waals surface area contributed by atoms with Crippen molar-refractivity contribution in [3.8, 4) is 0 Å². The molecule has 1 aliphatic carbocycles. The summed E-state index contributed by atoms with van der Waals surface area (Å²) in [4.78, 5) is 15.1. The lowest BCUT2D eigenvalue weighted by molar-refractivity contribution is -0.117. The maximum atomic E-state index is 12.9. The van der Waals surface area contributed by atoms with Crippen LogP contribution in [0.4, 0.5) is 5.82 Å². The number of nitrogens with one attached hydrogen (secondary N) is 1. The highest BCUT2D eigenvalue weighted by Crippen LogP contribution is 2.29. The summed E-state index contributed by atoms with van der Waals surface area (Å²) in [6.45, 7) is 7.28. The Balaban J connectivity index is 1.41. The smallest absolute Gasteiger partial charge is 0.239 e. The number of benzene rings is 1. The Labute approximate surface area is 184 Å². The maximum absolute atomic E-state index is 12.9. The summed E-state index contributed by atoms with van der Waals surface area (Å²) >= 11 is 0. The molecule has 1 amide bonds. The van der Waals surface area contributed by atoms with Gasteiger partial charge in [0.05, 0.1) is 29.8 Å². The number of sulfone groups is 1. The number of aromatic nitrogens is 2. The van der Waals surface area contributed by atoms with Crippen LogP contribution in [0.25, 0.3) is 0 Å². The van der Waals surface area contributed by atoms with Gasteiger partial charge in [0, 0.05) is 18.7 Å². The van der Waals surface area contributed by atoms with Crippen molar-refractivity contribution in [1.82, 2.24) is 14.7 Å². The molecule has 0 spiro atoms. The van der Waals surface area contributed by atoms with Crippen LogP contribution in [0.1, 0.15) is 61.9 Å². The van der Waals surface area contributed by atoms with E-state index in [4.69, 9.17) is 0 Å². The van der Waals surface area contributed by atoms with Crippen LogP contribution in [0.2, 0.25) is 0 Å². The molecule has 2 heterocycles. The predicted molar refractivity (Wildman–Crippen MR) is 122 cm³/mol. The molecule has 0 radical (unpaired) electrons. The van der Waals surface area contributed by atoms with E-state index in [0.717, 1.165) is 25.1 Å². The molecule has 168 valence electrons. The monoisotopic (exact) mass is 444 g/mol. The standard InChI is InChI=1S/C23H32N4O3S/c1-16(2)19-6-4-18(5-7-19)13-26(20-8-9-20)14-23(28)24-22-12-17(3)25-27(22)21-10-11-31(29,30)15-21/h4-7,12,16,20-21H,8-11,13-15H2,1-3H3,(H,24,28). The number of amides is 1. The quantitative estimate of drug-likeness (QED) is 0.675. The number of aryl methyl sites for hydroxylation is 1. The third kappa shape index (κ3) is 5.54. The lowest BCUT2D eigenvalue weighted by atomic mass is 10.0. The summed E-state index contributed by atoms with van der Waals surface area (Å²) in [6, 6.07) is 10.7. The van der Waals surface area contributed by atoms with Gasteiger partial charge in [-0.1, -0.05) is 38.1 Å². The predicted octanol–water partition coefficient (Wildman–Crippen LogP) is 3.28. The van der Waals surface area contributed by atoms with Crippen molar-refractivity contribution in [2.24, 2.45) is 0 Å². The molecule has 1 saturated carbocycles. The molecule has 1 aromatic heterocycles. The van der Waals surface area contributed by atoms with Gasteiger partial charge < -0.3 is 5.32 Å². The topological polar surface area (TPSA) is 84.3 Å². The normalized spacial score (nSPS) is 20.5. The molecular formula is C23H32N4O3S. The van der Waals surface area contributed by atoms with Crippen LogP contribution in [-0.4, -0.2) is 53.1 Å². The van der Waals surface area contributed by atoms with Crippen molar-refractivity contribution >= 4 is 21.6 Å². The average Bonchev–Trinajstić information content (AvgIpc) is 3.40. The molecule has 1 atom stereocenters. The summed E-state index contributed by atoms with van der Waals surface area (Å²) in [7, 11) is -3.03. The summed E-state index contributed by atoms with van der Waals surface area (Å²) in [5, 5.41) is 7.44. The van der Waals surface area contributed by atoms with E-state index in [-0.39, 0.29) is 23.5 Å². The van der Waals surface area contributed by atoms with Crippen molar-refractivity contribution in [3.05, 3.63) is 47.2 Å². The number of nitrogens with zero attached hydrogens (tertiary/aromatic N) is 3. The van der Waals surface area contributed by atoms with Crippen molar-refractivity contribution < 1.29 is 13.2 Å². The van der Waals surface area contributed by atoms with Crippen LogP contribution >= 0.6 is 0 Å². The number of anilines is 1. The van der Waals surface area contributed by atoms with E-state index >= 15 is 0 Å². The largest absolute Gasteiger partial charge is 0.310 e. The number of carbonyl (C=O) groups is 1. The number of carbonyl (C=O) groups excluding carboxylic acids is 1. The van der Waals surface area contributed by atoms with E-state index in [1.54, 1.807) is 4.68 Å². The zero-order valence-electron chi connectivity index (χ0n) is 18.5. The van der Waals surface area contributed by atoms with Gasteiger partial charge in [0.1, 0.15) is 5.82 Å². The summed E-state index contributed by atoms with van der Waals surface area (Å²) in [6.07, 6.45) is 2.77. The Bertz CT molecular complexity index is 1040. The highest BCUT2D eigenvalue weighted by Gasteiger charge is 2.33. The molecule has 4 rings (SSSR count). The van der Waals surface area contributed by atoms with Gasteiger partial charge in [-0.15, -0.1) is 0 Å².